The number of amides is 1. The molecule has 0 saturated carbocycles. The van der Waals surface area contributed by atoms with Gasteiger partial charge in [0, 0.05) is 12.1 Å². The lowest BCUT2D eigenvalue weighted by Gasteiger charge is -2.14. The van der Waals surface area contributed by atoms with Crippen molar-refractivity contribution in [2.45, 2.75) is 40.0 Å². The van der Waals surface area contributed by atoms with E-state index in [1.165, 1.54) is 11.1 Å². The van der Waals surface area contributed by atoms with E-state index in [9.17, 15) is 4.79 Å². The van der Waals surface area contributed by atoms with Crippen LogP contribution in [-0.2, 0) is 11.2 Å². The molecule has 2 N–H and O–H groups in total. The summed E-state index contributed by atoms with van der Waals surface area (Å²) in [6.07, 6.45) is 4.07. The van der Waals surface area contributed by atoms with Gasteiger partial charge in [-0.1, -0.05) is 32.0 Å². The number of carbonyl (C=O) groups excluding carboxylic acids is 1. The van der Waals surface area contributed by atoms with Gasteiger partial charge >= 0.3 is 0 Å². The van der Waals surface area contributed by atoms with Crippen LogP contribution in [0.4, 0.5) is 17.2 Å². The molecule has 4 heteroatoms. The molecule has 2 aromatic rings. The Bertz CT molecular complexity index is 635. The van der Waals surface area contributed by atoms with Crippen LogP contribution in [0.3, 0.4) is 0 Å². The molecule has 0 aliphatic carbocycles. The summed E-state index contributed by atoms with van der Waals surface area (Å²) >= 11 is 0. The van der Waals surface area contributed by atoms with Crippen molar-refractivity contribution in [1.82, 2.24) is 4.98 Å². The normalized spacial score (nSPS) is 10.3. The molecule has 1 aromatic heterocycles. The summed E-state index contributed by atoms with van der Waals surface area (Å²) in [4.78, 5) is 15.8. The fourth-order valence-corrected chi connectivity index (χ4v) is 2.32. The van der Waals surface area contributed by atoms with Crippen molar-refractivity contribution in [3.63, 3.8) is 0 Å². The van der Waals surface area contributed by atoms with E-state index in [0.717, 1.165) is 24.2 Å². The van der Waals surface area contributed by atoms with E-state index < -0.39 is 0 Å². The highest BCUT2D eigenvalue weighted by molar-refractivity contribution is 5.89. The molecule has 0 radical (unpaired) electrons. The van der Waals surface area contributed by atoms with E-state index in [0.29, 0.717) is 12.2 Å². The fourth-order valence-electron chi connectivity index (χ4n) is 2.32. The van der Waals surface area contributed by atoms with Crippen LogP contribution < -0.4 is 10.6 Å². The summed E-state index contributed by atoms with van der Waals surface area (Å²) in [5.41, 5.74) is 4.53. The maximum absolute atomic E-state index is 11.5. The van der Waals surface area contributed by atoms with Gasteiger partial charge < -0.3 is 10.6 Å². The van der Waals surface area contributed by atoms with Crippen molar-refractivity contribution in [3.05, 3.63) is 47.7 Å². The lowest BCUT2D eigenvalue weighted by molar-refractivity contribution is -0.116. The fraction of sp³-hybridized carbons (Fsp3) is 0.333. The molecule has 22 heavy (non-hydrogen) atoms. The predicted octanol–water partition coefficient (Wildman–Crippen LogP) is 4.43. The molecule has 4 nitrogen and oxygen atoms in total. The smallest absolute Gasteiger partial charge is 0.225 e. The first-order chi connectivity index (χ1) is 10.6. The van der Waals surface area contributed by atoms with E-state index in [4.69, 9.17) is 0 Å². The number of nitrogens with one attached hydrogen (secondary N) is 2. The minimum Gasteiger partial charge on any atom is -0.354 e. The summed E-state index contributed by atoms with van der Waals surface area (Å²) in [5.74, 6) is 0.590. The van der Waals surface area contributed by atoms with Gasteiger partial charge in [0.2, 0.25) is 5.91 Å². The van der Waals surface area contributed by atoms with Crippen LogP contribution in [0.15, 0.2) is 36.5 Å². The molecule has 0 aliphatic heterocycles. The number of pyridine rings is 1. The minimum absolute atomic E-state index is 0.00267. The van der Waals surface area contributed by atoms with Crippen molar-refractivity contribution in [1.29, 1.82) is 0 Å². The second-order valence-electron chi connectivity index (χ2n) is 5.32. The monoisotopic (exact) mass is 297 g/mol. The predicted molar refractivity (Wildman–Crippen MR) is 91.6 cm³/mol. The lowest BCUT2D eigenvalue weighted by atomic mass is 10.1. The average Bonchev–Trinajstić information content (AvgIpc) is 2.51. The number of carbonyl (C=O) groups is 1. The van der Waals surface area contributed by atoms with Crippen LogP contribution in [-0.4, -0.2) is 10.9 Å². The van der Waals surface area contributed by atoms with Crippen LogP contribution in [0.25, 0.3) is 0 Å². The molecule has 0 aliphatic rings. The van der Waals surface area contributed by atoms with Gasteiger partial charge in [-0.15, -0.1) is 0 Å². The third kappa shape index (κ3) is 4.07. The maximum atomic E-state index is 11.5. The van der Waals surface area contributed by atoms with E-state index in [2.05, 4.69) is 47.7 Å². The van der Waals surface area contributed by atoms with Crippen molar-refractivity contribution in [2.75, 3.05) is 10.6 Å². The van der Waals surface area contributed by atoms with Crippen molar-refractivity contribution < 1.29 is 4.79 Å². The molecule has 0 bridgehead atoms. The molecule has 1 aromatic carbocycles. The van der Waals surface area contributed by atoms with Crippen LogP contribution in [0.2, 0.25) is 0 Å². The summed E-state index contributed by atoms with van der Waals surface area (Å²) < 4.78 is 0. The van der Waals surface area contributed by atoms with Gasteiger partial charge in [-0.2, -0.15) is 0 Å². The molecule has 0 fully saturated rings. The zero-order valence-corrected chi connectivity index (χ0v) is 13.4. The highest BCUT2D eigenvalue weighted by Crippen LogP contribution is 2.25. The van der Waals surface area contributed by atoms with Gasteiger partial charge in [0.05, 0.1) is 11.9 Å². The van der Waals surface area contributed by atoms with Crippen LogP contribution in [0.5, 0.6) is 0 Å². The molecule has 0 unspecified atom stereocenters. The highest BCUT2D eigenvalue weighted by Gasteiger charge is 2.06. The maximum Gasteiger partial charge on any atom is 0.225 e. The van der Waals surface area contributed by atoms with Gasteiger partial charge in [0.15, 0.2) is 0 Å². The number of nitrogens with zero attached hydrogens (tertiary/aromatic N) is 1. The van der Waals surface area contributed by atoms with E-state index in [1.54, 1.807) is 6.20 Å². The van der Waals surface area contributed by atoms with E-state index >= 15 is 0 Å². The number of rotatable bonds is 6. The minimum atomic E-state index is 0.00267. The Labute approximate surface area is 132 Å². The molecule has 1 heterocycles. The SMILES string of the molecule is CCCC(=O)Nc1ccc(Nc2c(C)cccc2CC)cn1. The topological polar surface area (TPSA) is 54.0 Å². The number of benzene rings is 1. The van der Waals surface area contributed by atoms with Gasteiger partial charge in [-0.05, 0) is 43.0 Å². The summed E-state index contributed by atoms with van der Waals surface area (Å²) in [6, 6.07) is 10.0. The van der Waals surface area contributed by atoms with Crippen LogP contribution in [0.1, 0.15) is 37.8 Å². The molecule has 0 atom stereocenters. The zero-order chi connectivity index (χ0) is 15.9. The Morgan fingerprint density at radius 3 is 2.64 bits per heavy atom. The molecule has 116 valence electrons. The Morgan fingerprint density at radius 1 is 1.18 bits per heavy atom. The van der Waals surface area contributed by atoms with Crippen molar-refractivity contribution >= 4 is 23.1 Å². The third-order valence-corrected chi connectivity index (χ3v) is 3.52. The number of anilines is 3. The first-order valence-corrected chi connectivity index (χ1v) is 7.75. The second-order valence-corrected chi connectivity index (χ2v) is 5.32. The van der Waals surface area contributed by atoms with Gasteiger partial charge in [0.25, 0.3) is 0 Å². The zero-order valence-electron chi connectivity index (χ0n) is 13.4. The van der Waals surface area contributed by atoms with E-state index in [1.807, 2.05) is 19.1 Å². The van der Waals surface area contributed by atoms with Gasteiger partial charge in [-0.25, -0.2) is 4.98 Å². The highest BCUT2D eigenvalue weighted by atomic mass is 16.1. The summed E-state index contributed by atoms with van der Waals surface area (Å²) in [5, 5.41) is 6.21. The molecule has 2 rings (SSSR count). The first-order valence-electron chi connectivity index (χ1n) is 7.75. The van der Waals surface area contributed by atoms with E-state index in [-0.39, 0.29) is 5.91 Å². The molecular weight excluding hydrogens is 274 g/mol. The number of aryl methyl sites for hydroxylation is 2. The van der Waals surface area contributed by atoms with Gasteiger partial charge in [-0.3, -0.25) is 4.79 Å². The molecule has 1 amide bonds. The number of aromatic nitrogens is 1. The van der Waals surface area contributed by atoms with Crippen molar-refractivity contribution in [2.24, 2.45) is 0 Å². The second kappa shape index (κ2) is 7.59. The van der Waals surface area contributed by atoms with Gasteiger partial charge in [0.1, 0.15) is 5.82 Å². The molecular formula is C18H23N3O. The van der Waals surface area contributed by atoms with Crippen LogP contribution in [0, 0.1) is 6.92 Å². The number of hydrogen-bond donors (Lipinski definition) is 2. The first kappa shape index (κ1) is 16.0. The standard InChI is InChI=1S/C18H23N3O/c1-4-7-17(22)21-16-11-10-15(12-19-16)20-18-13(3)8-6-9-14(18)5-2/h6,8-12,20H,4-5,7H2,1-3H3,(H,19,21,22). The number of hydrogen-bond acceptors (Lipinski definition) is 3. The largest absolute Gasteiger partial charge is 0.354 e. The number of para-hydroxylation sites is 1. The summed E-state index contributed by atoms with van der Waals surface area (Å²) in [7, 11) is 0. The Kier molecular flexibility index (Phi) is 5.53. The Balaban J connectivity index is 2.10. The summed E-state index contributed by atoms with van der Waals surface area (Å²) in [6.45, 7) is 6.21. The molecule has 0 spiro atoms. The Hall–Kier alpha value is -2.36. The molecule has 0 saturated heterocycles. The average molecular weight is 297 g/mol. The van der Waals surface area contributed by atoms with Crippen LogP contribution >= 0.6 is 0 Å². The Morgan fingerprint density at radius 2 is 2.00 bits per heavy atom. The van der Waals surface area contributed by atoms with Crippen molar-refractivity contribution in [3.8, 4) is 0 Å². The third-order valence-electron chi connectivity index (χ3n) is 3.52. The quantitative estimate of drug-likeness (QED) is 0.829. The lowest BCUT2D eigenvalue weighted by Crippen LogP contribution is -2.11.